The van der Waals surface area contributed by atoms with Crippen LogP contribution in [0, 0.1) is 5.92 Å². The first-order chi connectivity index (χ1) is 21.6. The molecule has 0 spiro atoms. The molecule has 1 aliphatic rings. The Bertz CT molecular complexity index is 1260. The van der Waals surface area contributed by atoms with E-state index >= 15 is 0 Å². The summed E-state index contributed by atoms with van der Waals surface area (Å²) in [5.74, 6) is -2.10. The molecule has 2 aromatic rings. The lowest BCUT2D eigenvalue weighted by molar-refractivity contribution is -0.174. The third kappa shape index (κ3) is 12.0. The van der Waals surface area contributed by atoms with Crippen molar-refractivity contribution in [1.82, 2.24) is 15.7 Å². The van der Waals surface area contributed by atoms with Gasteiger partial charge in [0.05, 0.1) is 7.11 Å². The molecule has 0 saturated heterocycles. The molecular weight excluding hydrogens is 602 g/mol. The number of esters is 1. The standard InChI is InChI=1S/C33H44ClN3O8/c1-3-37(20-19-24-11-6-4-7-12-24)29(38)18-17-28(30(39)43-2)45-36-31(40)33(42,22-25-13-8-5-9-14-25)35-32(41)44-23-26-15-10-16-27(34)21-26/h4,6-7,10-12,15-16,21,25,28,42H,3,5,8-9,13-14,17-20,22-23H2,1-2H3,(H,35,41)(H,36,40). The lowest BCUT2D eigenvalue weighted by Crippen LogP contribution is -2.60. The number of carbonyl (C=O) groups excluding carboxylic acids is 4. The smallest absolute Gasteiger partial charge is 0.410 e. The number of benzene rings is 2. The van der Waals surface area contributed by atoms with Crippen molar-refractivity contribution >= 4 is 35.5 Å². The van der Waals surface area contributed by atoms with Gasteiger partial charge in [-0.1, -0.05) is 86.2 Å². The number of hydrogen-bond acceptors (Lipinski definition) is 8. The minimum atomic E-state index is -2.39. The molecule has 3 rings (SSSR count). The molecule has 0 aliphatic heterocycles. The highest BCUT2D eigenvalue weighted by Gasteiger charge is 2.42. The van der Waals surface area contributed by atoms with E-state index in [1.807, 2.05) is 37.3 Å². The molecule has 0 bridgehead atoms. The maximum Gasteiger partial charge on any atom is 0.410 e. The number of alkyl carbamates (subject to hydrolysis) is 1. The lowest BCUT2D eigenvalue weighted by Gasteiger charge is -2.32. The number of aliphatic hydroxyl groups is 1. The van der Waals surface area contributed by atoms with Gasteiger partial charge >= 0.3 is 12.1 Å². The molecule has 0 heterocycles. The molecular formula is C33H44ClN3O8. The normalized spacial score (nSPS) is 15.3. The predicted octanol–water partition coefficient (Wildman–Crippen LogP) is 4.69. The summed E-state index contributed by atoms with van der Waals surface area (Å²) >= 11 is 5.99. The van der Waals surface area contributed by atoms with Gasteiger partial charge < -0.3 is 19.5 Å². The number of hydrogen-bond donors (Lipinski definition) is 3. The Labute approximate surface area is 269 Å². The van der Waals surface area contributed by atoms with E-state index in [-0.39, 0.29) is 37.7 Å². The molecule has 246 valence electrons. The number of nitrogens with zero attached hydrogens (tertiary/aromatic N) is 1. The van der Waals surface area contributed by atoms with Gasteiger partial charge in [0.15, 0.2) is 6.10 Å². The number of amides is 3. The fourth-order valence-corrected chi connectivity index (χ4v) is 5.55. The van der Waals surface area contributed by atoms with E-state index in [0.29, 0.717) is 30.1 Å². The first-order valence-electron chi connectivity index (χ1n) is 15.4. The molecule has 1 fully saturated rings. The highest BCUT2D eigenvalue weighted by Crippen LogP contribution is 2.30. The molecule has 0 radical (unpaired) electrons. The Hall–Kier alpha value is -3.67. The second-order valence-electron chi connectivity index (χ2n) is 11.2. The molecule has 11 nitrogen and oxygen atoms in total. The molecule has 0 aromatic heterocycles. The van der Waals surface area contributed by atoms with Crippen LogP contribution in [0.2, 0.25) is 5.02 Å². The van der Waals surface area contributed by atoms with Crippen LogP contribution in [0.5, 0.6) is 0 Å². The number of likely N-dealkylation sites (N-methyl/N-ethyl adjacent to an activating group) is 1. The van der Waals surface area contributed by atoms with Crippen LogP contribution >= 0.6 is 11.6 Å². The minimum absolute atomic E-state index is 0.0346. The number of methoxy groups -OCH3 is 1. The molecule has 1 saturated carbocycles. The second-order valence-corrected chi connectivity index (χ2v) is 11.6. The highest BCUT2D eigenvalue weighted by atomic mass is 35.5. The topological polar surface area (TPSA) is 144 Å². The van der Waals surface area contributed by atoms with Crippen molar-refractivity contribution in [2.24, 2.45) is 5.92 Å². The molecule has 2 atom stereocenters. The number of ether oxygens (including phenoxy) is 2. The zero-order valence-electron chi connectivity index (χ0n) is 26.0. The van der Waals surface area contributed by atoms with Crippen LogP contribution < -0.4 is 10.8 Å². The molecule has 3 N–H and O–H groups in total. The summed E-state index contributed by atoms with van der Waals surface area (Å²) in [7, 11) is 1.16. The summed E-state index contributed by atoms with van der Waals surface area (Å²) in [4.78, 5) is 58.6. The number of hydroxylamine groups is 1. The van der Waals surface area contributed by atoms with E-state index < -0.39 is 29.8 Å². The number of carbonyl (C=O) groups is 4. The van der Waals surface area contributed by atoms with Gasteiger partial charge in [0.25, 0.3) is 5.91 Å². The van der Waals surface area contributed by atoms with E-state index in [4.69, 9.17) is 25.9 Å². The average molecular weight is 646 g/mol. The van der Waals surface area contributed by atoms with Crippen LogP contribution in [0.4, 0.5) is 4.79 Å². The Morgan fingerprint density at radius 2 is 1.76 bits per heavy atom. The summed E-state index contributed by atoms with van der Waals surface area (Å²) in [6.45, 7) is 2.73. The highest BCUT2D eigenvalue weighted by molar-refractivity contribution is 6.30. The largest absolute Gasteiger partial charge is 0.467 e. The number of nitrogens with one attached hydrogen (secondary N) is 2. The van der Waals surface area contributed by atoms with Crippen LogP contribution in [0.3, 0.4) is 0 Å². The summed E-state index contributed by atoms with van der Waals surface area (Å²) in [5.41, 5.74) is 1.46. The van der Waals surface area contributed by atoms with Gasteiger partial charge in [0.2, 0.25) is 11.6 Å². The van der Waals surface area contributed by atoms with Crippen LogP contribution in [0.1, 0.15) is 69.4 Å². The van der Waals surface area contributed by atoms with Crippen molar-refractivity contribution in [2.75, 3.05) is 20.2 Å². The first kappa shape index (κ1) is 35.8. The molecule has 12 heteroatoms. The second kappa shape index (κ2) is 18.3. The Morgan fingerprint density at radius 1 is 1.04 bits per heavy atom. The average Bonchev–Trinajstić information content (AvgIpc) is 3.04. The zero-order chi connectivity index (χ0) is 32.7. The van der Waals surface area contributed by atoms with Gasteiger partial charge in [-0.25, -0.2) is 15.1 Å². The van der Waals surface area contributed by atoms with E-state index in [0.717, 1.165) is 44.8 Å². The van der Waals surface area contributed by atoms with Gasteiger partial charge in [0.1, 0.15) is 6.61 Å². The van der Waals surface area contributed by atoms with Crippen molar-refractivity contribution in [2.45, 2.75) is 83.1 Å². The summed E-state index contributed by atoms with van der Waals surface area (Å²) in [5, 5.41) is 14.2. The van der Waals surface area contributed by atoms with Crippen LogP contribution in [0.25, 0.3) is 0 Å². The predicted molar refractivity (Wildman–Crippen MR) is 168 cm³/mol. The van der Waals surface area contributed by atoms with Crippen molar-refractivity contribution < 1.29 is 38.6 Å². The zero-order valence-corrected chi connectivity index (χ0v) is 26.7. The van der Waals surface area contributed by atoms with Crippen LogP contribution in [-0.2, 0) is 41.7 Å². The molecule has 45 heavy (non-hydrogen) atoms. The van der Waals surface area contributed by atoms with E-state index in [9.17, 15) is 24.3 Å². The molecule has 2 unspecified atom stereocenters. The van der Waals surface area contributed by atoms with Crippen LogP contribution in [-0.4, -0.2) is 65.9 Å². The van der Waals surface area contributed by atoms with Crippen LogP contribution in [0.15, 0.2) is 54.6 Å². The third-order valence-electron chi connectivity index (χ3n) is 7.88. The number of rotatable bonds is 16. The Kier molecular flexibility index (Phi) is 14.6. The van der Waals surface area contributed by atoms with Crippen molar-refractivity contribution in [1.29, 1.82) is 0 Å². The molecule has 2 aromatic carbocycles. The number of halogens is 1. The van der Waals surface area contributed by atoms with Gasteiger partial charge in [-0.05, 0) is 48.9 Å². The summed E-state index contributed by atoms with van der Waals surface area (Å²) < 4.78 is 10.1. The van der Waals surface area contributed by atoms with E-state index in [2.05, 4.69) is 10.8 Å². The Balaban J connectivity index is 1.60. The molecule has 1 aliphatic carbocycles. The SMILES string of the molecule is CCN(CCc1ccccc1)C(=O)CCC(ONC(=O)C(O)(CC1CCCCC1)NC(=O)OCc1cccc(Cl)c1)C(=O)OC. The minimum Gasteiger partial charge on any atom is -0.467 e. The van der Waals surface area contributed by atoms with Gasteiger partial charge in [-0.3, -0.25) is 19.7 Å². The van der Waals surface area contributed by atoms with Crippen molar-refractivity contribution in [3.05, 3.63) is 70.7 Å². The summed E-state index contributed by atoms with van der Waals surface area (Å²) in [6.07, 6.45) is 2.63. The third-order valence-corrected chi connectivity index (χ3v) is 8.11. The Morgan fingerprint density at radius 3 is 2.42 bits per heavy atom. The fourth-order valence-electron chi connectivity index (χ4n) is 5.34. The van der Waals surface area contributed by atoms with Crippen molar-refractivity contribution in [3.8, 4) is 0 Å². The molecule has 3 amide bonds. The van der Waals surface area contributed by atoms with Gasteiger partial charge in [0, 0.05) is 31.0 Å². The quantitative estimate of drug-likeness (QED) is 0.136. The maximum atomic E-state index is 13.3. The van der Waals surface area contributed by atoms with Gasteiger partial charge in [-0.15, -0.1) is 0 Å². The lowest BCUT2D eigenvalue weighted by atomic mass is 9.83. The fraction of sp³-hybridized carbons (Fsp3) is 0.515. The first-order valence-corrected chi connectivity index (χ1v) is 15.8. The van der Waals surface area contributed by atoms with E-state index in [1.54, 1.807) is 29.2 Å². The monoisotopic (exact) mass is 645 g/mol. The maximum absolute atomic E-state index is 13.3. The summed E-state index contributed by atoms with van der Waals surface area (Å²) in [6, 6.07) is 16.5. The van der Waals surface area contributed by atoms with Crippen molar-refractivity contribution in [3.63, 3.8) is 0 Å². The van der Waals surface area contributed by atoms with E-state index in [1.165, 1.54) is 0 Å². The van der Waals surface area contributed by atoms with Gasteiger partial charge in [-0.2, -0.15) is 0 Å².